The van der Waals surface area contributed by atoms with Gasteiger partial charge in [-0.15, -0.1) is 0 Å². The number of hydrogen-bond acceptors (Lipinski definition) is 4. The Balaban J connectivity index is 1.29. The van der Waals surface area contributed by atoms with Gasteiger partial charge >= 0.3 is 6.03 Å². The van der Waals surface area contributed by atoms with E-state index in [4.69, 9.17) is 11.6 Å². The maximum atomic E-state index is 13.9. The number of urea groups is 1. The third-order valence-corrected chi connectivity index (χ3v) is 6.59. The molecule has 2 aromatic carbocycles. The molecule has 35 heavy (non-hydrogen) atoms. The molecule has 0 bridgehead atoms. The smallest absolute Gasteiger partial charge is 0.320 e. The highest BCUT2D eigenvalue weighted by molar-refractivity contribution is 6.30. The summed E-state index contributed by atoms with van der Waals surface area (Å²) in [5, 5.41) is 5.93. The van der Waals surface area contributed by atoms with Crippen molar-refractivity contribution in [1.82, 2.24) is 9.80 Å². The number of nitrogens with zero attached hydrogens (tertiary/aromatic N) is 3. The lowest BCUT2D eigenvalue weighted by Gasteiger charge is -2.41. The first-order valence-corrected chi connectivity index (χ1v) is 11.9. The molecule has 2 aromatic rings. The van der Waals surface area contributed by atoms with E-state index in [1.165, 1.54) is 35.2 Å². The standard InChI is InChI=1S/C26H25ClFN5O2/c27-19-3-1-12-33(16-19)26(35)31-23-15-20(28)8-9-21(23)30-25(34)18-6-4-17(5-7-18)24(22-10-11-29-22)32-13-2-14-32/h1,3-9,12,15,24H,2,10-11,13-14,16H2,(H,30,34)(H,31,35). The van der Waals surface area contributed by atoms with E-state index in [1.54, 1.807) is 30.5 Å². The Morgan fingerprint density at radius 1 is 1.06 bits per heavy atom. The number of carbonyl (C=O) groups excluding carboxylic acids is 2. The van der Waals surface area contributed by atoms with Crippen LogP contribution in [0.2, 0.25) is 0 Å². The largest absolute Gasteiger partial charge is 0.326 e. The number of halogens is 2. The summed E-state index contributed by atoms with van der Waals surface area (Å²) in [6, 6.07) is 11.0. The summed E-state index contributed by atoms with van der Waals surface area (Å²) in [6.45, 7) is 3.20. The van der Waals surface area contributed by atoms with Crippen LogP contribution in [0, 0.1) is 5.82 Å². The average molecular weight is 494 g/mol. The summed E-state index contributed by atoms with van der Waals surface area (Å²) < 4.78 is 13.9. The number of hydrogen-bond donors (Lipinski definition) is 2. The van der Waals surface area contributed by atoms with Gasteiger partial charge in [0.15, 0.2) is 0 Å². The van der Waals surface area contributed by atoms with Gasteiger partial charge in [-0.3, -0.25) is 19.6 Å². The molecule has 3 heterocycles. The number of likely N-dealkylation sites (tertiary alicyclic amines) is 1. The molecule has 0 spiro atoms. The van der Waals surface area contributed by atoms with Crippen LogP contribution >= 0.6 is 11.6 Å². The fourth-order valence-corrected chi connectivity index (χ4v) is 4.46. The Bertz CT molecular complexity index is 1240. The minimum absolute atomic E-state index is 0.153. The lowest BCUT2D eigenvalue weighted by Crippen LogP contribution is -2.45. The van der Waals surface area contributed by atoms with E-state index in [2.05, 4.69) is 20.5 Å². The number of nitrogens with one attached hydrogen (secondary N) is 2. The molecule has 7 nitrogen and oxygen atoms in total. The molecule has 3 amide bonds. The Morgan fingerprint density at radius 2 is 1.83 bits per heavy atom. The second-order valence-corrected chi connectivity index (χ2v) is 9.18. The Morgan fingerprint density at radius 3 is 2.46 bits per heavy atom. The Hall–Kier alpha value is -3.49. The van der Waals surface area contributed by atoms with Crippen LogP contribution in [0.1, 0.15) is 34.8 Å². The van der Waals surface area contributed by atoms with E-state index >= 15 is 0 Å². The van der Waals surface area contributed by atoms with Crippen LogP contribution in [-0.2, 0) is 0 Å². The first kappa shape index (κ1) is 23.3. The zero-order valence-corrected chi connectivity index (χ0v) is 19.8. The number of amides is 3. The lowest BCUT2D eigenvalue weighted by molar-refractivity contribution is 0.102. The zero-order chi connectivity index (χ0) is 24.4. The minimum Gasteiger partial charge on any atom is -0.320 e. The predicted octanol–water partition coefficient (Wildman–Crippen LogP) is 5.15. The molecule has 0 aliphatic carbocycles. The van der Waals surface area contributed by atoms with Gasteiger partial charge in [-0.25, -0.2) is 9.18 Å². The molecular formula is C26H25ClFN5O2. The van der Waals surface area contributed by atoms with Crippen molar-refractivity contribution in [3.05, 3.63) is 82.8 Å². The zero-order valence-electron chi connectivity index (χ0n) is 19.0. The molecule has 1 atom stereocenters. The first-order chi connectivity index (χ1) is 17.0. The van der Waals surface area contributed by atoms with Crippen LogP contribution in [0.4, 0.5) is 20.6 Å². The summed E-state index contributed by atoms with van der Waals surface area (Å²) in [5.41, 5.74) is 3.23. The number of allylic oxidation sites excluding steroid dienone is 2. The second kappa shape index (κ2) is 10.0. The maximum Gasteiger partial charge on any atom is 0.326 e. The molecular weight excluding hydrogens is 469 g/mol. The van der Waals surface area contributed by atoms with E-state index in [0.29, 0.717) is 16.3 Å². The van der Waals surface area contributed by atoms with Crippen molar-refractivity contribution >= 4 is 40.6 Å². The van der Waals surface area contributed by atoms with Gasteiger partial charge in [0.05, 0.1) is 24.0 Å². The Labute approximate surface area is 208 Å². The van der Waals surface area contributed by atoms with Crippen molar-refractivity contribution in [2.45, 2.75) is 18.9 Å². The van der Waals surface area contributed by atoms with Crippen LogP contribution in [0.25, 0.3) is 0 Å². The molecule has 0 radical (unpaired) electrons. The van der Waals surface area contributed by atoms with E-state index in [-0.39, 0.29) is 24.2 Å². The molecule has 0 aromatic heterocycles. The van der Waals surface area contributed by atoms with Gasteiger partial charge in [-0.05, 0) is 54.5 Å². The lowest BCUT2D eigenvalue weighted by atomic mass is 9.92. The Kier molecular flexibility index (Phi) is 6.66. The summed E-state index contributed by atoms with van der Waals surface area (Å²) >= 11 is 6.00. The molecule has 3 aliphatic heterocycles. The molecule has 1 fully saturated rings. The van der Waals surface area contributed by atoms with Crippen molar-refractivity contribution < 1.29 is 14.0 Å². The van der Waals surface area contributed by atoms with Crippen LogP contribution in [0.15, 0.2) is 70.8 Å². The quantitative estimate of drug-likeness (QED) is 0.584. The molecule has 2 N–H and O–H groups in total. The van der Waals surface area contributed by atoms with E-state index < -0.39 is 11.8 Å². The second-order valence-electron chi connectivity index (χ2n) is 8.69. The van der Waals surface area contributed by atoms with Crippen molar-refractivity contribution in [3.8, 4) is 0 Å². The van der Waals surface area contributed by atoms with Crippen molar-refractivity contribution in [2.75, 3.05) is 36.8 Å². The predicted molar refractivity (Wildman–Crippen MR) is 135 cm³/mol. The van der Waals surface area contributed by atoms with Gasteiger partial charge in [0, 0.05) is 48.6 Å². The third-order valence-electron chi connectivity index (χ3n) is 6.34. The van der Waals surface area contributed by atoms with E-state index in [0.717, 1.165) is 31.6 Å². The number of rotatable bonds is 6. The van der Waals surface area contributed by atoms with Gasteiger partial charge in [0.2, 0.25) is 0 Å². The van der Waals surface area contributed by atoms with Gasteiger partial charge in [0.25, 0.3) is 5.91 Å². The van der Waals surface area contributed by atoms with Crippen LogP contribution < -0.4 is 10.6 Å². The number of anilines is 2. The SMILES string of the molecule is O=C(Nc1ccc(F)cc1NC(=O)N1C=CC=C(Cl)C1)c1ccc(C(C2=NCC2)N2CCC2)cc1. The third kappa shape index (κ3) is 5.13. The molecule has 0 saturated carbocycles. The van der Waals surface area contributed by atoms with E-state index in [9.17, 15) is 14.0 Å². The van der Waals surface area contributed by atoms with Crippen molar-refractivity contribution in [1.29, 1.82) is 0 Å². The monoisotopic (exact) mass is 493 g/mol. The maximum absolute atomic E-state index is 13.9. The van der Waals surface area contributed by atoms with Gasteiger partial charge in [0.1, 0.15) is 5.82 Å². The van der Waals surface area contributed by atoms with E-state index in [1.807, 2.05) is 12.1 Å². The topological polar surface area (TPSA) is 77.0 Å². The van der Waals surface area contributed by atoms with Gasteiger partial charge < -0.3 is 10.6 Å². The molecule has 5 rings (SSSR count). The minimum atomic E-state index is -0.536. The molecule has 1 saturated heterocycles. The number of carbonyl (C=O) groups is 2. The van der Waals surface area contributed by atoms with Crippen LogP contribution in [0.3, 0.4) is 0 Å². The first-order valence-electron chi connectivity index (χ1n) is 11.6. The highest BCUT2D eigenvalue weighted by Crippen LogP contribution is 2.31. The van der Waals surface area contributed by atoms with Gasteiger partial charge in [-0.1, -0.05) is 23.7 Å². The molecule has 3 aliphatic rings. The average Bonchev–Trinajstić information content (AvgIpc) is 2.78. The highest BCUT2D eigenvalue weighted by atomic mass is 35.5. The fraction of sp³-hybridized carbons (Fsp3) is 0.269. The highest BCUT2D eigenvalue weighted by Gasteiger charge is 2.31. The molecule has 1 unspecified atom stereocenters. The summed E-state index contributed by atoms with van der Waals surface area (Å²) in [5.74, 6) is -0.894. The van der Waals surface area contributed by atoms with Crippen molar-refractivity contribution in [3.63, 3.8) is 0 Å². The molecule has 9 heteroatoms. The molecule has 180 valence electrons. The fourth-order valence-electron chi connectivity index (χ4n) is 4.26. The number of aliphatic imine (C=N–C) groups is 1. The van der Waals surface area contributed by atoms with Crippen LogP contribution in [-0.4, -0.2) is 53.6 Å². The number of benzene rings is 2. The normalized spacial score (nSPS) is 18.1. The summed E-state index contributed by atoms with van der Waals surface area (Å²) in [7, 11) is 0. The summed E-state index contributed by atoms with van der Waals surface area (Å²) in [6.07, 6.45) is 7.11. The van der Waals surface area contributed by atoms with Crippen molar-refractivity contribution in [2.24, 2.45) is 4.99 Å². The summed E-state index contributed by atoms with van der Waals surface area (Å²) in [4.78, 5) is 33.9. The van der Waals surface area contributed by atoms with Gasteiger partial charge in [-0.2, -0.15) is 0 Å². The van der Waals surface area contributed by atoms with Crippen LogP contribution in [0.5, 0.6) is 0 Å².